The first-order valence-electron chi connectivity index (χ1n) is 6.95. The molecule has 23 heavy (non-hydrogen) atoms. The summed E-state index contributed by atoms with van der Waals surface area (Å²) < 4.78 is 21.8. The maximum atomic E-state index is 5.89. The van der Waals surface area contributed by atoms with E-state index >= 15 is 0 Å². The Balaban J connectivity index is 2.05. The van der Waals surface area contributed by atoms with Crippen molar-refractivity contribution >= 4 is 10.8 Å². The van der Waals surface area contributed by atoms with E-state index in [1.54, 1.807) is 39.7 Å². The minimum absolute atomic E-state index is 0.414. The number of fused-ring (bicyclic) bond motifs is 1. The average molecular weight is 312 g/mol. The van der Waals surface area contributed by atoms with E-state index in [1.807, 2.05) is 24.3 Å². The van der Waals surface area contributed by atoms with Gasteiger partial charge >= 0.3 is 0 Å². The number of nitrogens with zero attached hydrogens (tertiary/aromatic N) is 2. The third-order valence-corrected chi connectivity index (χ3v) is 3.39. The van der Waals surface area contributed by atoms with Gasteiger partial charge < -0.3 is 18.9 Å². The lowest BCUT2D eigenvalue weighted by molar-refractivity contribution is 0.320. The molecular weight excluding hydrogens is 296 g/mol. The highest BCUT2D eigenvalue weighted by molar-refractivity contribution is 5.86. The van der Waals surface area contributed by atoms with E-state index in [2.05, 4.69) is 10.2 Å². The zero-order valence-corrected chi connectivity index (χ0v) is 13.1. The van der Waals surface area contributed by atoms with Crippen LogP contribution in [0.4, 0.5) is 0 Å². The predicted octanol–water partition coefficient (Wildman–Crippen LogP) is 3.45. The smallest absolute Gasteiger partial charge is 0.246 e. The van der Waals surface area contributed by atoms with Crippen LogP contribution in [0.5, 0.6) is 28.9 Å². The number of hydrogen-bond donors (Lipinski definition) is 0. The molecule has 0 aliphatic carbocycles. The SMILES string of the molecule is COc1cc(Oc2nncc3ccccc23)cc(OC)c1OC. The molecule has 3 rings (SSSR count). The second-order valence-corrected chi connectivity index (χ2v) is 4.70. The molecule has 0 unspecified atom stereocenters. The zero-order valence-electron chi connectivity index (χ0n) is 13.1. The summed E-state index contributed by atoms with van der Waals surface area (Å²) in [7, 11) is 4.66. The van der Waals surface area contributed by atoms with Gasteiger partial charge in [-0.25, -0.2) is 0 Å². The lowest BCUT2D eigenvalue weighted by Gasteiger charge is -2.14. The van der Waals surface area contributed by atoms with Crippen LogP contribution in [0.2, 0.25) is 0 Å². The molecule has 1 heterocycles. The Labute approximate surface area is 133 Å². The molecule has 2 aromatic carbocycles. The van der Waals surface area contributed by atoms with Gasteiger partial charge in [-0.05, 0) is 6.07 Å². The minimum Gasteiger partial charge on any atom is -0.493 e. The number of hydrogen-bond acceptors (Lipinski definition) is 6. The van der Waals surface area contributed by atoms with Gasteiger partial charge in [-0.3, -0.25) is 0 Å². The molecule has 6 heteroatoms. The van der Waals surface area contributed by atoms with Crippen molar-refractivity contribution in [2.45, 2.75) is 0 Å². The molecule has 0 fully saturated rings. The lowest BCUT2D eigenvalue weighted by Crippen LogP contribution is -1.97. The average Bonchev–Trinajstić information content (AvgIpc) is 2.61. The normalized spacial score (nSPS) is 10.4. The summed E-state index contributed by atoms with van der Waals surface area (Å²) in [4.78, 5) is 0. The van der Waals surface area contributed by atoms with E-state index in [9.17, 15) is 0 Å². The fourth-order valence-electron chi connectivity index (χ4n) is 2.30. The molecule has 0 atom stereocenters. The number of rotatable bonds is 5. The Hall–Kier alpha value is -3.02. The summed E-state index contributed by atoms with van der Waals surface area (Å²) >= 11 is 0. The summed E-state index contributed by atoms with van der Waals surface area (Å²) in [6, 6.07) is 11.2. The van der Waals surface area contributed by atoms with Crippen molar-refractivity contribution in [3.63, 3.8) is 0 Å². The molecule has 0 N–H and O–H groups in total. The van der Waals surface area contributed by atoms with Gasteiger partial charge in [0.15, 0.2) is 11.5 Å². The molecule has 0 saturated carbocycles. The summed E-state index contributed by atoms with van der Waals surface area (Å²) in [6.07, 6.45) is 1.69. The number of ether oxygens (including phenoxy) is 4. The van der Waals surface area contributed by atoms with Crippen molar-refractivity contribution in [3.8, 4) is 28.9 Å². The molecular formula is C17H16N2O4. The van der Waals surface area contributed by atoms with Crippen molar-refractivity contribution in [3.05, 3.63) is 42.6 Å². The molecule has 0 radical (unpaired) electrons. The van der Waals surface area contributed by atoms with E-state index < -0.39 is 0 Å². The quantitative estimate of drug-likeness (QED) is 0.719. The van der Waals surface area contributed by atoms with E-state index in [0.29, 0.717) is 28.9 Å². The van der Waals surface area contributed by atoms with Crippen LogP contribution in [0.25, 0.3) is 10.8 Å². The van der Waals surface area contributed by atoms with Crippen molar-refractivity contribution in [1.29, 1.82) is 0 Å². The number of methoxy groups -OCH3 is 3. The van der Waals surface area contributed by atoms with Crippen LogP contribution >= 0.6 is 0 Å². The highest BCUT2D eigenvalue weighted by Crippen LogP contribution is 2.42. The summed E-state index contributed by atoms with van der Waals surface area (Å²) in [5.41, 5.74) is 0. The van der Waals surface area contributed by atoms with Crippen LogP contribution in [0.15, 0.2) is 42.6 Å². The first-order valence-corrected chi connectivity index (χ1v) is 6.95. The van der Waals surface area contributed by atoms with Crippen molar-refractivity contribution < 1.29 is 18.9 Å². The van der Waals surface area contributed by atoms with Crippen molar-refractivity contribution in [2.24, 2.45) is 0 Å². The standard InChI is InChI=1S/C17H16N2O4/c1-20-14-8-12(9-15(21-2)16(14)22-3)23-17-13-7-5-4-6-11(13)10-18-19-17/h4-10H,1-3H3. The van der Waals surface area contributed by atoms with Crippen LogP contribution in [-0.4, -0.2) is 31.5 Å². The van der Waals surface area contributed by atoms with Crippen LogP contribution in [0.1, 0.15) is 0 Å². The zero-order chi connectivity index (χ0) is 16.2. The molecule has 0 spiro atoms. The Bertz CT molecular complexity index is 805. The second-order valence-electron chi connectivity index (χ2n) is 4.70. The maximum absolute atomic E-state index is 5.89. The third-order valence-electron chi connectivity index (χ3n) is 3.39. The number of aromatic nitrogens is 2. The topological polar surface area (TPSA) is 62.7 Å². The molecule has 0 aliphatic heterocycles. The monoisotopic (exact) mass is 312 g/mol. The number of benzene rings is 2. The van der Waals surface area contributed by atoms with Crippen molar-refractivity contribution in [2.75, 3.05) is 21.3 Å². The van der Waals surface area contributed by atoms with Crippen LogP contribution in [0.3, 0.4) is 0 Å². The van der Waals surface area contributed by atoms with Gasteiger partial charge in [0.05, 0.1) is 27.5 Å². The van der Waals surface area contributed by atoms with Gasteiger partial charge in [0.1, 0.15) is 5.75 Å². The molecule has 1 aromatic heterocycles. The van der Waals surface area contributed by atoms with E-state index in [4.69, 9.17) is 18.9 Å². The van der Waals surface area contributed by atoms with Gasteiger partial charge in [0.2, 0.25) is 11.6 Å². The summed E-state index contributed by atoms with van der Waals surface area (Å²) in [5, 5.41) is 9.86. The van der Waals surface area contributed by atoms with E-state index in [0.717, 1.165) is 10.8 Å². The van der Waals surface area contributed by atoms with E-state index in [1.165, 1.54) is 0 Å². The van der Waals surface area contributed by atoms with Gasteiger partial charge in [-0.2, -0.15) is 5.10 Å². The van der Waals surface area contributed by atoms with Gasteiger partial charge in [0.25, 0.3) is 0 Å². The van der Waals surface area contributed by atoms with Crippen LogP contribution in [-0.2, 0) is 0 Å². The molecule has 0 bridgehead atoms. The molecule has 6 nitrogen and oxygen atoms in total. The Morgan fingerprint density at radius 2 is 1.57 bits per heavy atom. The predicted molar refractivity (Wildman–Crippen MR) is 85.7 cm³/mol. The molecule has 0 saturated heterocycles. The molecule has 0 amide bonds. The third kappa shape index (κ3) is 2.83. The Kier molecular flexibility index (Phi) is 4.14. The highest BCUT2D eigenvalue weighted by Gasteiger charge is 2.15. The molecule has 118 valence electrons. The fraction of sp³-hybridized carbons (Fsp3) is 0.176. The maximum Gasteiger partial charge on any atom is 0.246 e. The molecule has 0 aliphatic rings. The summed E-state index contributed by atoms with van der Waals surface area (Å²) in [6.45, 7) is 0. The van der Waals surface area contributed by atoms with Gasteiger partial charge in [-0.1, -0.05) is 18.2 Å². The van der Waals surface area contributed by atoms with Crippen LogP contribution < -0.4 is 18.9 Å². The molecule has 3 aromatic rings. The lowest BCUT2D eigenvalue weighted by atomic mass is 10.2. The first-order chi connectivity index (χ1) is 11.3. The highest BCUT2D eigenvalue weighted by atomic mass is 16.5. The van der Waals surface area contributed by atoms with Crippen molar-refractivity contribution in [1.82, 2.24) is 10.2 Å². The first kappa shape index (κ1) is 14.9. The largest absolute Gasteiger partial charge is 0.493 e. The van der Waals surface area contributed by atoms with Gasteiger partial charge in [0, 0.05) is 22.9 Å². The van der Waals surface area contributed by atoms with E-state index in [-0.39, 0.29) is 0 Å². The second kappa shape index (κ2) is 6.39. The Morgan fingerprint density at radius 3 is 2.22 bits per heavy atom. The van der Waals surface area contributed by atoms with Crippen LogP contribution in [0, 0.1) is 0 Å². The summed E-state index contributed by atoms with van der Waals surface area (Å²) in [5.74, 6) is 2.46. The van der Waals surface area contributed by atoms with Gasteiger partial charge in [-0.15, -0.1) is 5.10 Å². The fourth-order valence-corrected chi connectivity index (χ4v) is 2.30. The minimum atomic E-state index is 0.414. The Morgan fingerprint density at radius 1 is 0.870 bits per heavy atom.